The Kier molecular flexibility index (Phi) is 4.57. The van der Waals surface area contributed by atoms with Crippen LogP contribution in [0.15, 0.2) is 12.1 Å². The van der Waals surface area contributed by atoms with Crippen LogP contribution in [0.25, 0.3) is 0 Å². The molecule has 1 aromatic rings. The van der Waals surface area contributed by atoms with E-state index in [-0.39, 0.29) is 0 Å². The minimum absolute atomic E-state index is 0.446. The fraction of sp³-hybridized carbons (Fsp3) is 0.667. The van der Waals surface area contributed by atoms with Gasteiger partial charge in [0.1, 0.15) is 5.82 Å². The first-order valence-electron chi connectivity index (χ1n) is 7.88. The summed E-state index contributed by atoms with van der Waals surface area (Å²) in [7, 11) is 0. The van der Waals surface area contributed by atoms with Crippen LogP contribution in [-0.4, -0.2) is 47.1 Å². The lowest BCUT2D eigenvalue weighted by Crippen LogP contribution is -2.61. The third-order valence-electron chi connectivity index (χ3n) is 5.22. The maximum atomic E-state index is 10.6. The molecule has 0 aromatic carbocycles. The van der Waals surface area contributed by atoms with Crippen molar-refractivity contribution < 1.29 is 23.1 Å². The van der Waals surface area contributed by atoms with Gasteiger partial charge in [0.2, 0.25) is 0 Å². The molecule has 0 bridgehead atoms. The van der Waals surface area contributed by atoms with Gasteiger partial charge in [0, 0.05) is 19.6 Å². The average Bonchev–Trinajstić information content (AvgIpc) is 3.17. The van der Waals surface area contributed by atoms with Crippen molar-refractivity contribution in [2.45, 2.75) is 25.4 Å². The van der Waals surface area contributed by atoms with E-state index in [9.17, 15) is 13.2 Å². The maximum Gasteiger partial charge on any atom is 0.490 e. The summed E-state index contributed by atoms with van der Waals surface area (Å²) in [5.74, 6) is -1.09. The number of rotatable bonds is 3. The van der Waals surface area contributed by atoms with Gasteiger partial charge < -0.3 is 15.7 Å². The third kappa shape index (κ3) is 3.98. The van der Waals surface area contributed by atoms with Crippen molar-refractivity contribution in [2.24, 2.45) is 16.7 Å². The molecule has 1 saturated heterocycles. The van der Waals surface area contributed by atoms with Crippen LogP contribution in [0, 0.1) is 16.7 Å². The van der Waals surface area contributed by atoms with Gasteiger partial charge in [-0.05, 0) is 48.1 Å². The molecule has 25 heavy (non-hydrogen) atoms. The van der Waals surface area contributed by atoms with E-state index in [1.807, 2.05) is 6.07 Å². The van der Waals surface area contributed by atoms with Crippen molar-refractivity contribution in [1.29, 1.82) is 0 Å². The average molecular weight is 379 g/mol. The van der Waals surface area contributed by atoms with E-state index in [4.69, 9.17) is 21.5 Å². The number of carbonyl (C=O) groups is 1. The Morgan fingerprint density at radius 1 is 1.36 bits per heavy atom. The smallest absolute Gasteiger partial charge is 0.475 e. The molecular formula is C15H18ClF3N4O2. The number of halogens is 4. The van der Waals surface area contributed by atoms with Gasteiger partial charge in [-0.3, -0.25) is 0 Å². The van der Waals surface area contributed by atoms with Crippen molar-refractivity contribution in [3.05, 3.63) is 17.3 Å². The second-order valence-electron chi connectivity index (χ2n) is 7.15. The van der Waals surface area contributed by atoms with Gasteiger partial charge in [0.15, 0.2) is 5.15 Å². The third-order valence-corrected chi connectivity index (χ3v) is 5.42. The molecule has 1 aliphatic heterocycles. The van der Waals surface area contributed by atoms with E-state index < -0.39 is 12.1 Å². The summed E-state index contributed by atoms with van der Waals surface area (Å²) in [6.07, 6.45) is -0.819. The second kappa shape index (κ2) is 6.28. The van der Waals surface area contributed by atoms with E-state index in [1.54, 1.807) is 6.07 Å². The summed E-state index contributed by atoms with van der Waals surface area (Å²) in [5.41, 5.74) is 1.36. The van der Waals surface area contributed by atoms with Crippen LogP contribution in [0.4, 0.5) is 19.0 Å². The minimum atomic E-state index is -5.08. The lowest BCUT2D eigenvalue weighted by molar-refractivity contribution is -0.192. The van der Waals surface area contributed by atoms with Crippen LogP contribution >= 0.6 is 11.6 Å². The molecule has 3 N–H and O–H groups in total. The molecule has 3 fully saturated rings. The lowest BCUT2D eigenvalue weighted by atomic mass is 9.55. The van der Waals surface area contributed by atoms with Crippen molar-refractivity contribution in [3.8, 4) is 0 Å². The lowest BCUT2D eigenvalue weighted by Gasteiger charge is -2.56. The predicted molar refractivity (Wildman–Crippen MR) is 84.3 cm³/mol. The van der Waals surface area contributed by atoms with E-state index >= 15 is 0 Å². The number of hydrogen-bond donors (Lipinski definition) is 3. The molecule has 138 valence electrons. The molecule has 2 spiro atoms. The zero-order valence-corrected chi connectivity index (χ0v) is 14.0. The number of carboxylic acids is 1. The van der Waals surface area contributed by atoms with E-state index in [1.165, 1.54) is 32.4 Å². The normalized spacial score (nSPS) is 24.6. The van der Waals surface area contributed by atoms with Crippen molar-refractivity contribution >= 4 is 23.4 Å². The van der Waals surface area contributed by atoms with Gasteiger partial charge in [-0.2, -0.15) is 13.2 Å². The van der Waals surface area contributed by atoms with Crippen molar-refractivity contribution in [2.75, 3.05) is 25.0 Å². The predicted octanol–water partition coefficient (Wildman–Crippen LogP) is 2.56. The van der Waals surface area contributed by atoms with E-state index in [2.05, 4.69) is 20.8 Å². The Bertz CT molecular complexity index is 641. The molecule has 2 saturated carbocycles. The summed E-state index contributed by atoms with van der Waals surface area (Å²) in [6.45, 7) is 3.52. The zero-order chi connectivity index (χ0) is 18.3. The molecule has 4 rings (SSSR count). The van der Waals surface area contributed by atoms with Gasteiger partial charge in [-0.15, -0.1) is 10.2 Å². The second-order valence-corrected chi connectivity index (χ2v) is 7.53. The molecule has 6 nitrogen and oxygen atoms in total. The van der Waals surface area contributed by atoms with E-state index in [0.717, 1.165) is 18.3 Å². The summed E-state index contributed by atoms with van der Waals surface area (Å²) in [4.78, 5) is 8.90. The Balaban J connectivity index is 0.000000225. The largest absolute Gasteiger partial charge is 0.490 e. The van der Waals surface area contributed by atoms with Gasteiger partial charge in [0.05, 0.1) is 0 Å². The summed E-state index contributed by atoms with van der Waals surface area (Å²) >= 11 is 5.71. The topological polar surface area (TPSA) is 87.1 Å². The maximum absolute atomic E-state index is 10.6. The number of nitrogens with zero attached hydrogens (tertiary/aromatic N) is 2. The molecule has 3 aliphatic rings. The highest BCUT2D eigenvalue weighted by molar-refractivity contribution is 6.29. The Morgan fingerprint density at radius 2 is 2.00 bits per heavy atom. The standard InChI is InChI=1S/C13H17ClN4.C2HF3O2/c14-10-1-2-11(18-17-10)16-4-9-3-13(9)5-12(6-13)7-15-8-12;3-2(4,5)1(6)7/h1-2,9,15H,3-8H2,(H,16,18);(H,6,7). The first kappa shape index (κ1) is 18.2. The molecule has 1 unspecified atom stereocenters. The van der Waals surface area contributed by atoms with Gasteiger partial charge in [-0.1, -0.05) is 11.6 Å². The number of aromatic nitrogens is 2. The highest BCUT2D eigenvalue weighted by Crippen LogP contribution is 2.72. The summed E-state index contributed by atoms with van der Waals surface area (Å²) < 4.78 is 31.7. The SMILES string of the molecule is Clc1ccc(NCC2CC23CC2(CNC2)C3)nn1.O=C(O)C(F)(F)F. The summed E-state index contributed by atoms with van der Waals surface area (Å²) in [5, 5.41) is 22.2. The minimum Gasteiger partial charge on any atom is -0.475 e. The Labute approximate surface area is 147 Å². The number of hydrogen-bond acceptors (Lipinski definition) is 5. The molecule has 2 heterocycles. The van der Waals surface area contributed by atoms with Crippen molar-refractivity contribution in [3.63, 3.8) is 0 Å². The van der Waals surface area contributed by atoms with Crippen LogP contribution in [0.5, 0.6) is 0 Å². The van der Waals surface area contributed by atoms with Crippen LogP contribution in [0.3, 0.4) is 0 Å². The molecular weight excluding hydrogens is 361 g/mol. The molecule has 1 aromatic heterocycles. The van der Waals surface area contributed by atoms with Crippen LogP contribution in [-0.2, 0) is 4.79 Å². The number of anilines is 1. The Morgan fingerprint density at radius 3 is 2.44 bits per heavy atom. The van der Waals surface area contributed by atoms with Gasteiger partial charge in [-0.25, -0.2) is 4.79 Å². The summed E-state index contributed by atoms with van der Waals surface area (Å²) in [6, 6.07) is 3.67. The highest BCUT2D eigenvalue weighted by Gasteiger charge is 2.67. The quantitative estimate of drug-likeness (QED) is 0.749. The zero-order valence-electron chi connectivity index (χ0n) is 13.2. The molecule has 0 amide bonds. The van der Waals surface area contributed by atoms with Crippen LogP contribution in [0.2, 0.25) is 5.15 Å². The first-order chi connectivity index (χ1) is 11.6. The molecule has 0 radical (unpaired) electrons. The number of aliphatic carboxylic acids is 1. The fourth-order valence-electron chi connectivity index (χ4n) is 3.96. The highest BCUT2D eigenvalue weighted by atomic mass is 35.5. The van der Waals surface area contributed by atoms with Gasteiger partial charge in [0.25, 0.3) is 0 Å². The monoisotopic (exact) mass is 378 g/mol. The number of alkyl halides is 3. The van der Waals surface area contributed by atoms with Gasteiger partial charge >= 0.3 is 12.1 Å². The molecule has 1 atom stereocenters. The van der Waals surface area contributed by atoms with Crippen LogP contribution in [0.1, 0.15) is 19.3 Å². The first-order valence-corrected chi connectivity index (χ1v) is 8.26. The number of carboxylic acid groups (broad SMARTS) is 1. The Hall–Kier alpha value is -1.61. The van der Waals surface area contributed by atoms with Crippen molar-refractivity contribution in [1.82, 2.24) is 15.5 Å². The van der Waals surface area contributed by atoms with E-state index in [0.29, 0.717) is 16.0 Å². The molecule has 10 heteroatoms. The molecule has 2 aliphatic carbocycles. The fourth-order valence-corrected chi connectivity index (χ4v) is 4.06. The van der Waals surface area contributed by atoms with Crippen LogP contribution < -0.4 is 10.6 Å². The number of nitrogens with one attached hydrogen (secondary N) is 2.